The van der Waals surface area contributed by atoms with Crippen molar-refractivity contribution in [1.82, 2.24) is 20.4 Å². The van der Waals surface area contributed by atoms with E-state index in [1.165, 1.54) is 0 Å². The van der Waals surface area contributed by atoms with Crippen LogP contribution < -0.4 is 5.32 Å². The normalized spacial score (nSPS) is 26.4. The quantitative estimate of drug-likeness (QED) is 0.813. The van der Waals surface area contributed by atoms with Gasteiger partial charge in [0.2, 0.25) is 5.89 Å². The largest absolute Gasteiger partial charge is 0.340 e. The predicted molar refractivity (Wildman–Crippen MR) is 56.7 cm³/mol. The number of hydrogen-bond donors (Lipinski definition) is 1. The molecular formula is C10H17FN4O. The van der Waals surface area contributed by atoms with Crippen molar-refractivity contribution in [1.29, 1.82) is 0 Å². The highest BCUT2D eigenvalue weighted by molar-refractivity contribution is 4.91. The lowest BCUT2D eigenvalue weighted by molar-refractivity contribution is 0.224. The Labute approximate surface area is 94.0 Å². The summed E-state index contributed by atoms with van der Waals surface area (Å²) in [4.78, 5) is 6.19. The second kappa shape index (κ2) is 4.88. The third-order valence-electron chi connectivity index (χ3n) is 2.83. The van der Waals surface area contributed by atoms with Gasteiger partial charge in [0.1, 0.15) is 6.17 Å². The zero-order chi connectivity index (χ0) is 11.5. The van der Waals surface area contributed by atoms with Crippen LogP contribution in [0, 0.1) is 6.92 Å². The highest BCUT2D eigenvalue weighted by Crippen LogP contribution is 2.21. The summed E-state index contributed by atoms with van der Waals surface area (Å²) in [5, 5.41) is 6.91. The average Bonchev–Trinajstić information content (AvgIpc) is 2.76. The van der Waals surface area contributed by atoms with E-state index in [4.69, 9.17) is 4.52 Å². The Hall–Kier alpha value is -1.01. The van der Waals surface area contributed by atoms with Crippen LogP contribution in [0.3, 0.4) is 0 Å². The third-order valence-corrected chi connectivity index (χ3v) is 2.83. The number of aromatic nitrogens is 2. The van der Waals surface area contributed by atoms with Gasteiger partial charge in [-0.05, 0) is 13.5 Å². The molecule has 1 aliphatic rings. The summed E-state index contributed by atoms with van der Waals surface area (Å²) in [6.07, 6.45) is -0.163. The lowest BCUT2D eigenvalue weighted by atomic mass is 10.2. The van der Waals surface area contributed by atoms with E-state index in [0.29, 0.717) is 31.2 Å². The van der Waals surface area contributed by atoms with E-state index in [2.05, 4.69) is 20.4 Å². The summed E-state index contributed by atoms with van der Waals surface area (Å²) in [5.74, 6) is 1.18. The van der Waals surface area contributed by atoms with E-state index in [1.807, 2.05) is 7.05 Å². The van der Waals surface area contributed by atoms with Gasteiger partial charge in [0.25, 0.3) is 0 Å². The first kappa shape index (κ1) is 11.5. The Kier molecular flexibility index (Phi) is 3.50. The van der Waals surface area contributed by atoms with Gasteiger partial charge in [-0.1, -0.05) is 5.16 Å². The van der Waals surface area contributed by atoms with Gasteiger partial charge in [0, 0.05) is 26.1 Å². The number of nitrogens with zero attached hydrogens (tertiary/aromatic N) is 3. The zero-order valence-corrected chi connectivity index (χ0v) is 9.61. The van der Waals surface area contributed by atoms with Crippen LogP contribution in [0.2, 0.25) is 0 Å². The van der Waals surface area contributed by atoms with Gasteiger partial charge in [0.05, 0.1) is 6.54 Å². The Morgan fingerprint density at radius 1 is 1.62 bits per heavy atom. The highest BCUT2D eigenvalue weighted by atomic mass is 19.1. The lowest BCUT2D eigenvalue weighted by Crippen LogP contribution is -2.36. The summed E-state index contributed by atoms with van der Waals surface area (Å²) in [5.41, 5.74) is 0. The molecule has 0 unspecified atom stereocenters. The summed E-state index contributed by atoms with van der Waals surface area (Å²) >= 11 is 0. The predicted octanol–water partition coefficient (Wildman–Crippen LogP) is 0.510. The monoisotopic (exact) mass is 228 g/mol. The molecule has 2 atom stereocenters. The standard InChI is InChI=1S/C10H17FN4O/c1-7-13-10(14-16-7)6-15-5-8(11)3-9(15)4-12-2/h8-9,12H,3-6H2,1-2H3/t8-,9+/m1/s1. The molecular weight excluding hydrogens is 211 g/mol. The number of hydrogen-bond acceptors (Lipinski definition) is 5. The molecule has 0 radical (unpaired) electrons. The number of halogens is 1. The van der Waals surface area contributed by atoms with E-state index < -0.39 is 6.17 Å². The van der Waals surface area contributed by atoms with Crippen LogP contribution in [0.15, 0.2) is 4.52 Å². The van der Waals surface area contributed by atoms with Crippen LogP contribution in [0.1, 0.15) is 18.1 Å². The van der Waals surface area contributed by atoms with Crippen molar-refractivity contribution in [2.24, 2.45) is 0 Å². The van der Waals surface area contributed by atoms with Crippen LogP contribution in [-0.2, 0) is 6.54 Å². The average molecular weight is 228 g/mol. The van der Waals surface area contributed by atoms with Gasteiger partial charge in [0.15, 0.2) is 5.82 Å². The van der Waals surface area contributed by atoms with E-state index in [1.54, 1.807) is 6.92 Å². The molecule has 1 aromatic rings. The molecule has 1 fully saturated rings. The van der Waals surface area contributed by atoms with E-state index in [-0.39, 0.29) is 6.04 Å². The molecule has 2 rings (SSSR count). The zero-order valence-electron chi connectivity index (χ0n) is 9.61. The summed E-state index contributed by atoms with van der Waals surface area (Å²) in [6.45, 7) is 3.56. The third kappa shape index (κ3) is 2.56. The first-order valence-electron chi connectivity index (χ1n) is 5.51. The minimum Gasteiger partial charge on any atom is -0.340 e. The topological polar surface area (TPSA) is 54.2 Å². The summed E-state index contributed by atoms with van der Waals surface area (Å²) in [7, 11) is 1.88. The maximum absolute atomic E-state index is 13.3. The minimum atomic E-state index is -0.744. The Balaban J connectivity index is 1.97. The molecule has 0 amide bonds. The first-order valence-corrected chi connectivity index (χ1v) is 5.51. The number of rotatable bonds is 4. The summed E-state index contributed by atoms with van der Waals surface area (Å²) < 4.78 is 18.2. The molecule has 1 N–H and O–H groups in total. The maximum atomic E-state index is 13.3. The van der Waals surface area contributed by atoms with Gasteiger partial charge in [-0.2, -0.15) is 4.98 Å². The molecule has 0 bridgehead atoms. The molecule has 16 heavy (non-hydrogen) atoms. The van der Waals surface area contributed by atoms with Gasteiger partial charge in [-0.25, -0.2) is 4.39 Å². The molecule has 5 nitrogen and oxygen atoms in total. The van der Waals surface area contributed by atoms with Crippen LogP contribution in [0.5, 0.6) is 0 Å². The molecule has 1 aliphatic heterocycles. The lowest BCUT2D eigenvalue weighted by Gasteiger charge is -2.21. The van der Waals surface area contributed by atoms with Crippen molar-refractivity contribution in [2.45, 2.75) is 32.1 Å². The maximum Gasteiger partial charge on any atom is 0.223 e. The van der Waals surface area contributed by atoms with Crippen molar-refractivity contribution in [3.05, 3.63) is 11.7 Å². The minimum absolute atomic E-state index is 0.221. The second-order valence-electron chi connectivity index (χ2n) is 4.20. The summed E-state index contributed by atoms with van der Waals surface area (Å²) in [6, 6.07) is 0.221. The fourth-order valence-electron chi connectivity index (χ4n) is 2.15. The molecule has 0 aliphatic carbocycles. The Morgan fingerprint density at radius 2 is 2.44 bits per heavy atom. The van der Waals surface area contributed by atoms with Crippen LogP contribution in [0.4, 0.5) is 4.39 Å². The molecule has 90 valence electrons. The first-order chi connectivity index (χ1) is 7.69. The molecule has 0 aromatic carbocycles. The van der Waals surface area contributed by atoms with E-state index in [9.17, 15) is 4.39 Å². The number of nitrogens with one attached hydrogen (secondary N) is 1. The molecule has 1 aromatic heterocycles. The number of aryl methyl sites for hydroxylation is 1. The van der Waals surface area contributed by atoms with Gasteiger partial charge in [-0.3, -0.25) is 4.90 Å². The van der Waals surface area contributed by atoms with E-state index in [0.717, 1.165) is 6.54 Å². The number of likely N-dealkylation sites (N-methyl/N-ethyl adjacent to an activating group) is 1. The van der Waals surface area contributed by atoms with Crippen LogP contribution >= 0.6 is 0 Å². The van der Waals surface area contributed by atoms with Gasteiger partial charge in [-0.15, -0.1) is 0 Å². The highest BCUT2D eigenvalue weighted by Gasteiger charge is 2.32. The van der Waals surface area contributed by atoms with Crippen LogP contribution in [0.25, 0.3) is 0 Å². The molecule has 0 spiro atoms. The smallest absolute Gasteiger partial charge is 0.223 e. The van der Waals surface area contributed by atoms with Crippen molar-refractivity contribution >= 4 is 0 Å². The van der Waals surface area contributed by atoms with Crippen LogP contribution in [-0.4, -0.2) is 47.4 Å². The van der Waals surface area contributed by atoms with Crippen molar-refractivity contribution in [3.63, 3.8) is 0 Å². The Bertz CT molecular complexity index is 343. The fourth-order valence-corrected chi connectivity index (χ4v) is 2.15. The SMILES string of the molecule is CNC[C@@H]1C[C@@H](F)CN1Cc1noc(C)n1. The van der Waals surface area contributed by atoms with Gasteiger partial charge >= 0.3 is 0 Å². The van der Waals surface area contributed by atoms with Crippen molar-refractivity contribution < 1.29 is 8.91 Å². The number of alkyl halides is 1. The fraction of sp³-hybridized carbons (Fsp3) is 0.800. The molecule has 1 saturated heterocycles. The van der Waals surface area contributed by atoms with Gasteiger partial charge < -0.3 is 9.84 Å². The molecule has 6 heteroatoms. The second-order valence-corrected chi connectivity index (χ2v) is 4.20. The molecule has 0 saturated carbocycles. The van der Waals surface area contributed by atoms with Crippen molar-refractivity contribution in [2.75, 3.05) is 20.1 Å². The van der Waals surface area contributed by atoms with E-state index >= 15 is 0 Å². The Morgan fingerprint density at radius 3 is 3.06 bits per heavy atom. The molecule has 2 heterocycles. The number of likely N-dealkylation sites (tertiary alicyclic amines) is 1. The van der Waals surface area contributed by atoms with Crippen molar-refractivity contribution in [3.8, 4) is 0 Å².